The minimum Gasteiger partial charge on any atom is -0.309 e. The fraction of sp³-hybridized carbons (Fsp3) is 1.00. The van der Waals surface area contributed by atoms with Gasteiger partial charge in [0.1, 0.15) is 0 Å². The molecular weight excluding hydrogens is 258 g/mol. The number of alkyl halides is 1. The van der Waals surface area contributed by atoms with Crippen LogP contribution in [0, 0.1) is 5.92 Å². The first kappa shape index (κ1) is 15.3. The maximum absolute atomic E-state index is 11.4. The predicted molar refractivity (Wildman–Crippen MR) is 73.4 cm³/mol. The van der Waals surface area contributed by atoms with Gasteiger partial charge in [-0.05, 0) is 31.6 Å². The van der Waals surface area contributed by atoms with E-state index >= 15 is 0 Å². The third-order valence-electron chi connectivity index (χ3n) is 3.84. The lowest BCUT2D eigenvalue weighted by molar-refractivity contribution is 0.221. The van der Waals surface area contributed by atoms with Gasteiger partial charge in [0.15, 0.2) is 9.84 Å². The first-order chi connectivity index (χ1) is 7.93. The first-order valence-corrected chi connectivity index (χ1v) is 8.80. The van der Waals surface area contributed by atoms with Crippen molar-refractivity contribution in [3.63, 3.8) is 0 Å². The van der Waals surface area contributed by atoms with Gasteiger partial charge < -0.3 is 5.32 Å². The highest BCUT2D eigenvalue weighted by molar-refractivity contribution is 7.91. The molecule has 1 fully saturated rings. The van der Waals surface area contributed by atoms with Crippen LogP contribution < -0.4 is 5.32 Å². The lowest BCUT2D eigenvalue weighted by Gasteiger charge is -2.39. The molecule has 1 saturated carbocycles. The maximum atomic E-state index is 11.4. The third kappa shape index (κ3) is 4.76. The van der Waals surface area contributed by atoms with Crippen LogP contribution in [0.15, 0.2) is 0 Å². The summed E-state index contributed by atoms with van der Waals surface area (Å²) < 4.78 is 22.8. The van der Waals surface area contributed by atoms with Crippen molar-refractivity contribution in [2.24, 2.45) is 5.92 Å². The molecule has 0 saturated heterocycles. The van der Waals surface area contributed by atoms with Gasteiger partial charge in [-0.3, -0.25) is 0 Å². The SMILES string of the molecule is CCS(=O)(=O)CCNC1(CCl)CCC(C)CC1. The lowest BCUT2D eigenvalue weighted by Crippen LogP contribution is -2.50. The number of hydrogen-bond acceptors (Lipinski definition) is 3. The van der Waals surface area contributed by atoms with Crippen LogP contribution in [0.1, 0.15) is 39.5 Å². The van der Waals surface area contributed by atoms with E-state index in [9.17, 15) is 8.42 Å². The number of hydrogen-bond donors (Lipinski definition) is 1. The van der Waals surface area contributed by atoms with E-state index in [0.717, 1.165) is 18.8 Å². The molecule has 1 aliphatic rings. The highest BCUT2D eigenvalue weighted by Crippen LogP contribution is 2.32. The van der Waals surface area contributed by atoms with Crippen molar-refractivity contribution in [1.82, 2.24) is 5.32 Å². The quantitative estimate of drug-likeness (QED) is 0.759. The largest absolute Gasteiger partial charge is 0.309 e. The summed E-state index contributed by atoms with van der Waals surface area (Å²) in [7, 11) is -2.87. The molecule has 0 unspecified atom stereocenters. The Balaban J connectivity index is 2.42. The van der Waals surface area contributed by atoms with Crippen LogP contribution in [0.5, 0.6) is 0 Å². The summed E-state index contributed by atoms with van der Waals surface area (Å²) in [6.45, 7) is 4.48. The van der Waals surface area contributed by atoms with Gasteiger partial charge in [0.25, 0.3) is 0 Å². The second kappa shape index (κ2) is 6.39. The highest BCUT2D eigenvalue weighted by Gasteiger charge is 2.32. The minimum atomic E-state index is -2.87. The van der Waals surface area contributed by atoms with E-state index < -0.39 is 9.84 Å². The van der Waals surface area contributed by atoms with Crippen molar-refractivity contribution in [3.05, 3.63) is 0 Å². The van der Waals surface area contributed by atoms with Crippen LogP contribution in [-0.4, -0.2) is 37.9 Å². The Morgan fingerprint density at radius 2 is 1.94 bits per heavy atom. The van der Waals surface area contributed by atoms with Crippen LogP contribution in [0.4, 0.5) is 0 Å². The molecule has 3 nitrogen and oxygen atoms in total. The van der Waals surface area contributed by atoms with Gasteiger partial charge in [-0.25, -0.2) is 8.42 Å². The van der Waals surface area contributed by atoms with Crippen molar-refractivity contribution in [2.75, 3.05) is 23.9 Å². The first-order valence-electron chi connectivity index (χ1n) is 6.44. The Labute approximate surface area is 110 Å². The van der Waals surface area contributed by atoms with Gasteiger partial charge in [0.05, 0.1) is 5.75 Å². The molecule has 1 rings (SSSR count). The average molecular weight is 282 g/mol. The highest BCUT2D eigenvalue weighted by atomic mass is 35.5. The Morgan fingerprint density at radius 3 is 2.41 bits per heavy atom. The van der Waals surface area contributed by atoms with Gasteiger partial charge in [-0.15, -0.1) is 11.6 Å². The lowest BCUT2D eigenvalue weighted by atomic mass is 9.78. The van der Waals surface area contributed by atoms with Crippen molar-refractivity contribution in [1.29, 1.82) is 0 Å². The summed E-state index contributed by atoms with van der Waals surface area (Å²) >= 11 is 6.06. The summed E-state index contributed by atoms with van der Waals surface area (Å²) in [5.74, 6) is 1.79. The monoisotopic (exact) mass is 281 g/mol. The second-order valence-electron chi connectivity index (χ2n) is 5.26. The zero-order chi connectivity index (χ0) is 12.9. The molecule has 0 atom stereocenters. The molecule has 0 heterocycles. The van der Waals surface area contributed by atoms with E-state index in [2.05, 4.69) is 12.2 Å². The van der Waals surface area contributed by atoms with Crippen molar-refractivity contribution in [2.45, 2.75) is 45.1 Å². The molecule has 0 aromatic heterocycles. The van der Waals surface area contributed by atoms with E-state index in [1.54, 1.807) is 6.92 Å². The van der Waals surface area contributed by atoms with Gasteiger partial charge >= 0.3 is 0 Å². The summed E-state index contributed by atoms with van der Waals surface area (Å²) in [4.78, 5) is 0. The van der Waals surface area contributed by atoms with Crippen molar-refractivity contribution < 1.29 is 8.42 Å². The number of sulfone groups is 1. The molecular formula is C12H24ClNO2S. The normalized spacial score (nSPS) is 30.4. The molecule has 0 aromatic rings. The second-order valence-corrected chi connectivity index (χ2v) is 8.00. The summed E-state index contributed by atoms with van der Waals surface area (Å²) in [6, 6.07) is 0. The standard InChI is InChI=1S/C12H24ClNO2S/c1-3-17(15,16)9-8-14-12(10-13)6-4-11(2)5-7-12/h11,14H,3-10H2,1-2H3. The van der Waals surface area contributed by atoms with Gasteiger partial charge in [-0.2, -0.15) is 0 Å². The van der Waals surface area contributed by atoms with Gasteiger partial charge in [0, 0.05) is 23.7 Å². The molecule has 0 aliphatic heterocycles. The van der Waals surface area contributed by atoms with Crippen LogP contribution >= 0.6 is 11.6 Å². The Bertz CT molecular complexity index is 321. The maximum Gasteiger partial charge on any atom is 0.151 e. The van der Waals surface area contributed by atoms with Gasteiger partial charge in [0.2, 0.25) is 0 Å². The molecule has 0 radical (unpaired) electrons. The molecule has 1 N–H and O–H groups in total. The fourth-order valence-corrected chi connectivity index (χ4v) is 3.35. The van der Waals surface area contributed by atoms with E-state index in [-0.39, 0.29) is 17.0 Å². The van der Waals surface area contributed by atoms with Crippen LogP contribution in [-0.2, 0) is 9.84 Å². The Kier molecular flexibility index (Phi) is 5.74. The van der Waals surface area contributed by atoms with Crippen LogP contribution in [0.25, 0.3) is 0 Å². The molecule has 1 aliphatic carbocycles. The molecule has 17 heavy (non-hydrogen) atoms. The number of rotatable bonds is 6. The van der Waals surface area contributed by atoms with Crippen LogP contribution in [0.3, 0.4) is 0 Å². The third-order valence-corrected chi connectivity index (χ3v) is 6.06. The zero-order valence-corrected chi connectivity index (χ0v) is 12.4. The minimum absolute atomic E-state index is 0.0304. The molecule has 0 bridgehead atoms. The molecule has 5 heteroatoms. The molecule has 0 amide bonds. The van der Waals surface area contributed by atoms with E-state index in [0.29, 0.717) is 12.4 Å². The Morgan fingerprint density at radius 1 is 1.35 bits per heavy atom. The zero-order valence-electron chi connectivity index (χ0n) is 10.8. The van der Waals surface area contributed by atoms with Gasteiger partial charge in [-0.1, -0.05) is 13.8 Å². The predicted octanol–water partition coefficient (Wildman–Crippen LogP) is 2.20. The average Bonchev–Trinajstić information content (AvgIpc) is 2.32. The van der Waals surface area contributed by atoms with Crippen molar-refractivity contribution in [3.8, 4) is 0 Å². The summed E-state index contributed by atoms with van der Waals surface area (Å²) in [5, 5.41) is 3.38. The number of halogens is 1. The van der Waals surface area contributed by atoms with Crippen molar-refractivity contribution >= 4 is 21.4 Å². The topological polar surface area (TPSA) is 46.2 Å². The van der Waals surface area contributed by atoms with Crippen LogP contribution in [0.2, 0.25) is 0 Å². The Hall–Kier alpha value is 0.200. The van der Waals surface area contributed by atoms with E-state index in [1.807, 2.05) is 0 Å². The molecule has 0 aromatic carbocycles. The molecule has 102 valence electrons. The van der Waals surface area contributed by atoms with E-state index in [1.165, 1.54) is 12.8 Å². The summed E-state index contributed by atoms with van der Waals surface area (Å²) in [6.07, 6.45) is 4.48. The van der Waals surface area contributed by atoms with E-state index in [4.69, 9.17) is 11.6 Å². The number of nitrogens with one attached hydrogen (secondary N) is 1. The summed E-state index contributed by atoms with van der Waals surface area (Å²) in [5.41, 5.74) is -0.0304. The fourth-order valence-electron chi connectivity index (χ4n) is 2.29. The smallest absolute Gasteiger partial charge is 0.151 e. The molecule has 0 spiro atoms.